The minimum atomic E-state index is -3.83. The van der Waals surface area contributed by atoms with Gasteiger partial charge in [-0.25, -0.2) is 8.42 Å². The zero-order valence-electron chi connectivity index (χ0n) is 21.2. The molecule has 7 nitrogen and oxygen atoms in total. The van der Waals surface area contributed by atoms with Crippen LogP contribution in [0.1, 0.15) is 45.2 Å². The summed E-state index contributed by atoms with van der Waals surface area (Å²) >= 11 is 16.2. The number of anilines is 1. The standard InChI is InChI=1S/C25H32BrCl2N3O4S/c1-7-22(24(33)29-25(3,4)5)30(14-18-20(27)9-8-10-21(18)28)23(32)15-31(36(6,34)35)17-11-12-19(26)16(2)13-17/h8-13,22H,7,14-15H2,1-6H3,(H,29,33)/t22-/m0/s1. The summed E-state index contributed by atoms with van der Waals surface area (Å²) in [6.07, 6.45) is 1.34. The molecule has 0 fully saturated rings. The molecule has 11 heteroatoms. The van der Waals surface area contributed by atoms with Gasteiger partial charge in [-0.3, -0.25) is 13.9 Å². The van der Waals surface area contributed by atoms with Crippen LogP contribution in [0.15, 0.2) is 40.9 Å². The number of sulfonamides is 1. The molecule has 0 saturated heterocycles. The molecule has 0 saturated carbocycles. The van der Waals surface area contributed by atoms with Crippen molar-refractivity contribution in [2.45, 2.75) is 59.2 Å². The Morgan fingerprint density at radius 1 is 1.11 bits per heavy atom. The number of benzene rings is 2. The molecular formula is C25H32BrCl2N3O4S. The summed E-state index contributed by atoms with van der Waals surface area (Å²) in [6.45, 7) is 8.58. The molecule has 0 aromatic heterocycles. The average Bonchev–Trinajstić information content (AvgIpc) is 2.73. The summed E-state index contributed by atoms with van der Waals surface area (Å²) in [4.78, 5) is 28.3. The second-order valence-electron chi connectivity index (χ2n) is 9.59. The molecule has 2 rings (SSSR count). The lowest BCUT2D eigenvalue weighted by Crippen LogP contribution is -2.55. The Kier molecular flexibility index (Phi) is 10.3. The molecule has 198 valence electrons. The Balaban J connectivity index is 2.54. The topological polar surface area (TPSA) is 86.8 Å². The van der Waals surface area contributed by atoms with Gasteiger partial charge in [0.2, 0.25) is 21.8 Å². The van der Waals surface area contributed by atoms with E-state index in [4.69, 9.17) is 23.2 Å². The zero-order chi connectivity index (χ0) is 27.4. The van der Waals surface area contributed by atoms with Crippen molar-refractivity contribution in [3.8, 4) is 0 Å². The van der Waals surface area contributed by atoms with Crippen LogP contribution >= 0.6 is 39.1 Å². The summed E-state index contributed by atoms with van der Waals surface area (Å²) in [6, 6.07) is 9.12. The van der Waals surface area contributed by atoms with Gasteiger partial charge in [0.25, 0.3) is 0 Å². The second kappa shape index (κ2) is 12.2. The monoisotopic (exact) mass is 619 g/mol. The maximum Gasteiger partial charge on any atom is 0.244 e. The van der Waals surface area contributed by atoms with Crippen LogP contribution in [0, 0.1) is 6.92 Å². The van der Waals surface area contributed by atoms with E-state index < -0.39 is 34.1 Å². The number of carbonyl (C=O) groups excluding carboxylic acids is 2. The molecule has 0 unspecified atom stereocenters. The Morgan fingerprint density at radius 2 is 1.69 bits per heavy atom. The van der Waals surface area contributed by atoms with Crippen molar-refractivity contribution in [1.82, 2.24) is 10.2 Å². The van der Waals surface area contributed by atoms with E-state index in [9.17, 15) is 18.0 Å². The van der Waals surface area contributed by atoms with Crippen LogP contribution < -0.4 is 9.62 Å². The molecule has 0 aliphatic rings. The van der Waals surface area contributed by atoms with Crippen LogP contribution in [0.4, 0.5) is 5.69 Å². The summed E-state index contributed by atoms with van der Waals surface area (Å²) < 4.78 is 27.3. The third-order valence-electron chi connectivity index (χ3n) is 5.38. The van der Waals surface area contributed by atoms with Crippen molar-refractivity contribution >= 4 is 66.7 Å². The smallest absolute Gasteiger partial charge is 0.244 e. The van der Waals surface area contributed by atoms with Gasteiger partial charge in [0.05, 0.1) is 11.9 Å². The fourth-order valence-corrected chi connectivity index (χ4v) is 5.23. The first kappa shape index (κ1) is 30.4. The number of nitrogens with zero attached hydrogens (tertiary/aromatic N) is 2. The molecule has 1 N–H and O–H groups in total. The van der Waals surface area contributed by atoms with Crippen LogP contribution in [0.25, 0.3) is 0 Å². The first-order chi connectivity index (χ1) is 16.5. The minimum Gasteiger partial charge on any atom is -0.350 e. The molecule has 0 radical (unpaired) electrons. The van der Waals surface area contributed by atoms with E-state index in [-0.39, 0.29) is 12.5 Å². The highest BCUT2D eigenvalue weighted by Crippen LogP contribution is 2.28. The van der Waals surface area contributed by atoms with Gasteiger partial charge in [-0.05, 0) is 70.0 Å². The highest BCUT2D eigenvalue weighted by atomic mass is 79.9. The Labute approximate surface area is 232 Å². The van der Waals surface area contributed by atoms with Crippen LogP contribution in [0.5, 0.6) is 0 Å². The van der Waals surface area contributed by atoms with Crippen molar-refractivity contribution in [3.05, 3.63) is 62.0 Å². The highest BCUT2D eigenvalue weighted by molar-refractivity contribution is 9.10. The first-order valence-electron chi connectivity index (χ1n) is 11.3. The van der Waals surface area contributed by atoms with Crippen molar-refractivity contribution < 1.29 is 18.0 Å². The van der Waals surface area contributed by atoms with Crippen molar-refractivity contribution in [1.29, 1.82) is 0 Å². The summed E-state index contributed by atoms with van der Waals surface area (Å²) in [7, 11) is -3.83. The van der Waals surface area contributed by atoms with Crippen LogP contribution in [-0.2, 0) is 26.2 Å². The fourth-order valence-electron chi connectivity index (χ4n) is 3.62. The molecule has 2 aromatic rings. The predicted octanol–water partition coefficient (Wildman–Crippen LogP) is 5.55. The van der Waals surface area contributed by atoms with E-state index >= 15 is 0 Å². The SMILES string of the molecule is CC[C@@H](C(=O)NC(C)(C)C)N(Cc1c(Cl)cccc1Cl)C(=O)CN(c1ccc(Br)c(C)c1)S(C)(=O)=O. The van der Waals surface area contributed by atoms with Gasteiger partial charge >= 0.3 is 0 Å². The minimum absolute atomic E-state index is 0.0651. The van der Waals surface area contributed by atoms with Gasteiger partial charge in [-0.1, -0.05) is 52.1 Å². The molecule has 0 aliphatic carbocycles. The predicted molar refractivity (Wildman–Crippen MR) is 150 cm³/mol. The Bertz CT molecular complexity index is 1210. The lowest BCUT2D eigenvalue weighted by Gasteiger charge is -2.35. The normalized spacial score (nSPS) is 12.7. The molecule has 0 heterocycles. The second-order valence-corrected chi connectivity index (χ2v) is 13.2. The highest BCUT2D eigenvalue weighted by Gasteiger charge is 2.33. The summed E-state index contributed by atoms with van der Waals surface area (Å²) in [5.74, 6) is -0.917. The number of carbonyl (C=O) groups is 2. The van der Waals surface area contributed by atoms with Crippen LogP contribution in [0.3, 0.4) is 0 Å². The molecular weight excluding hydrogens is 589 g/mol. The quantitative estimate of drug-likeness (QED) is 0.398. The lowest BCUT2D eigenvalue weighted by molar-refractivity contribution is -0.141. The molecule has 0 spiro atoms. The van der Waals surface area contributed by atoms with Gasteiger partial charge in [-0.15, -0.1) is 0 Å². The molecule has 1 atom stereocenters. The van der Waals surface area contributed by atoms with E-state index in [1.54, 1.807) is 43.3 Å². The Morgan fingerprint density at radius 3 is 2.17 bits per heavy atom. The van der Waals surface area contributed by atoms with Gasteiger partial charge in [0, 0.05) is 32.2 Å². The molecule has 2 amide bonds. The van der Waals surface area contributed by atoms with E-state index in [0.717, 1.165) is 20.6 Å². The van der Waals surface area contributed by atoms with Crippen LogP contribution in [-0.4, -0.2) is 49.5 Å². The maximum absolute atomic E-state index is 13.8. The number of hydrogen-bond acceptors (Lipinski definition) is 4. The zero-order valence-corrected chi connectivity index (χ0v) is 25.1. The molecule has 36 heavy (non-hydrogen) atoms. The van der Waals surface area contributed by atoms with E-state index in [1.165, 1.54) is 4.90 Å². The van der Waals surface area contributed by atoms with Gasteiger partial charge in [0.1, 0.15) is 12.6 Å². The molecule has 0 bridgehead atoms. The van der Waals surface area contributed by atoms with Gasteiger partial charge in [-0.2, -0.15) is 0 Å². The molecule has 0 aliphatic heterocycles. The lowest BCUT2D eigenvalue weighted by atomic mass is 10.1. The number of hydrogen-bond donors (Lipinski definition) is 1. The third kappa shape index (κ3) is 8.10. The Hall–Kier alpha value is -1.81. The van der Waals surface area contributed by atoms with E-state index in [2.05, 4.69) is 21.2 Å². The van der Waals surface area contributed by atoms with Gasteiger partial charge < -0.3 is 10.2 Å². The van der Waals surface area contributed by atoms with E-state index in [0.29, 0.717) is 27.7 Å². The number of nitrogens with one attached hydrogen (secondary N) is 1. The number of rotatable bonds is 9. The summed E-state index contributed by atoms with van der Waals surface area (Å²) in [5, 5.41) is 3.60. The third-order valence-corrected chi connectivity index (χ3v) is 8.12. The molecule has 2 aromatic carbocycles. The first-order valence-corrected chi connectivity index (χ1v) is 14.7. The number of aryl methyl sites for hydroxylation is 1. The number of halogens is 3. The average molecular weight is 621 g/mol. The van der Waals surface area contributed by atoms with Crippen molar-refractivity contribution in [2.75, 3.05) is 17.1 Å². The number of amides is 2. The largest absolute Gasteiger partial charge is 0.350 e. The van der Waals surface area contributed by atoms with Crippen LogP contribution in [0.2, 0.25) is 10.0 Å². The van der Waals surface area contributed by atoms with Crippen molar-refractivity contribution in [3.63, 3.8) is 0 Å². The van der Waals surface area contributed by atoms with Crippen molar-refractivity contribution in [2.24, 2.45) is 0 Å². The van der Waals surface area contributed by atoms with Gasteiger partial charge in [0.15, 0.2) is 0 Å². The maximum atomic E-state index is 13.8. The summed E-state index contributed by atoms with van der Waals surface area (Å²) in [5.41, 5.74) is 1.09. The fraction of sp³-hybridized carbons (Fsp3) is 0.440. The van der Waals surface area contributed by atoms with E-state index in [1.807, 2.05) is 27.7 Å².